The van der Waals surface area contributed by atoms with Crippen molar-refractivity contribution in [3.05, 3.63) is 34.9 Å². The predicted octanol–water partition coefficient (Wildman–Crippen LogP) is 3.59. The van der Waals surface area contributed by atoms with E-state index in [1.165, 1.54) is 6.07 Å². The normalized spacial score (nSPS) is 15.8. The highest BCUT2D eigenvalue weighted by atomic mass is 19.4. The van der Waals surface area contributed by atoms with Crippen molar-refractivity contribution in [1.82, 2.24) is 10.2 Å². The summed E-state index contributed by atoms with van der Waals surface area (Å²) >= 11 is 0. The second-order valence-corrected chi connectivity index (χ2v) is 6.90. The van der Waals surface area contributed by atoms with Gasteiger partial charge in [0.25, 0.3) is 0 Å². The number of alkyl carbamates (subject to hydrolysis) is 1. The second-order valence-electron chi connectivity index (χ2n) is 6.90. The Morgan fingerprint density at radius 3 is 2.62 bits per heavy atom. The Bertz CT molecular complexity index is 594. The minimum absolute atomic E-state index is 0.359. The topological polar surface area (TPSA) is 41.6 Å². The number of halogens is 3. The van der Waals surface area contributed by atoms with E-state index in [1.54, 1.807) is 26.8 Å². The number of ether oxygens (including phenoxy) is 1. The van der Waals surface area contributed by atoms with Crippen molar-refractivity contribution in [3.63, 3.8) is 0 Å². The number of hydrogen-bond donors (Lipinski definition) is 1. The largest absolute Gasteiger partial charge is 0.444 e. The molecule has 1 aromatic carbocycles. The Morgan fingerprint density at radius 2 is 2.00 bits per heavy atom. The van der Waals surface area contributed by atoms with Gasteiger partial charge in [-0.25, -0.2) is 4.79 Å². The van der Waals surface area contributed by atoms with E-state index in [4.69, 9.17) is 4.74 Å². The lowest BCUT2D eigenvalue weighted by atomic mass is 9.94. The number of fused-ring (bicyclic) bond motifs is 1. The molecule has 1 aromatic rings. The molecule has 1 N–H and O–H groups in total. The molecule has 0 atom stereocenters. The first-order valence-corrected chi connectivity index (χ1v) is 7.93. The SMILES string of the molecule is CC(C)(C)OC(=O)NCCN1CCc2c(cccc2C(F)(F)F)C1. The summed E-state index contributed by atoms with van der Waals surface area (Å²) < 4.78 is 44.2. The van der Waals surface area contributed by atoms with E-state index in [0.717, 1.165) is 6.07 Å². The highest BCUT2D eigenvalue weighted by Crippen LogP contribution is 2.35. The van der Waals surface area contributed by atoms with Crippen LogP contribution in [0.5, 0.6) is 0 Å². The summed E-state index contributed by atoms with van der Waals surface area (Å²) in [4.78, 5) is 13.6. The number of nitrogens with one attached hydrogen (secondary N) is 1. The Hall–Kier alpha value is -1.76. The lowest BCUT2D eigenvalue weighted by Crippen LogP contribution is -2.40. The molecule has 0 aliphatic carbocycles. The van der Waals surface area contributed by atoms with Crippen molar-refractivity contribution < 1.29 is 22.7 Å². The number of alkyl halides is 3. The fourth-order valence-electron chi connectivity index (χ4n) is 2.75. The summed E-state index contributed by atoms with van der Waals surface area (Å²) in [6.07, 6.45) is -4.44. The molecule has 1 amide bonds. The van der Waals surface area contributed by atoms with Crippen LogP contribution in [0.25, 0.3) is 0 Å². The number of amides is 1. The van der Waals surface area contributed by atoms with Crippen LogP contribution in [-0.4, -0.2) is 36.2 Å². The lowest BCUT2D eigenvalue weighted by molar-refractivity contribution is -0.138. The van der Waals surface area contributed by atoms with Crippen molar-refractivity contribution in [2.24, 2.45) is 0 Å². The average molecular weight is 344 g/mol. The van der Waals surface area contributed by atoms with Crippen molar-refractivity contribution in [2.75, 3.05) is 19.6 Å². The van der Waals surface area contributed by atoms with E-state index in [-0.39, 0.29) is 0 Å². The summed E-state index contributed by atoms with van der Waals surface area (Å²) in [5.41, 5.74) is 0.00326. The zero-order chi connectivity index (χ0) is 18.0. The maximum atomic E-state index is 13.0. The van der Waals surface area contributed by atoms with Gasteiger partial charge in [0, 0.05) is 26.2 Å². The summed E-state index contributed by atoms with van der Waals surface area (Å²) in [6.45, 7) is 7.30. The van der Waals surface area contributed by atoms with E-state index < -0.39 is 23.4 Å². The molecule has 24 heavy (non-hydrogen) atoms. The monoisotopic (exact) mass is 344 g/mol. The van der Waals surface area contributed by atoms with E-state index in [1.807, 2.05) is 4.90 Å². The van der Waals surface area contributed by atoms with Gasteiger partial charge in [0.2, 0.25) is 0 Å². The third-order valence-corrected chi connectivity index (χ3v) is 3.75. The molecule has 1 heterocycles. The van der Waals surface area contributed by atoms with Crippen LogP contribution in [0, 0.1) is 0 Å². The third-order valence-electron chi connectivity index (χ3n) is 3.75. The van der Waals surface area contributed by atoms with Crippen LogP contribution in [0.1, 0.15) is 37.5 Å². The smallest absolute Gasteiger partial charge is 0.416 e. The van der Waals surface area contributed by atoms with Crippen LogP contribution in [-0.2, 0) is 23.9 Å². The predicted molar refractivity (Wildman–Crippen MR) is 84.7 cm³/mol. The average Bonchev–Trinajstić information content (AvgIpc) is 2.43. The van der Waals surface area contributed by atoms with Gasteiger partial charge in [-0.1, -0.05) is 12.1 Å². The molecule has 7 heteroatoms. The van der Waals surface area contributed by atoms with Gasteiger partial charge in [-0.3, -0.25) is 4.90 Å². The first kappa shape index (κ1) is 18.6. The lowest BCUT2D eigenvalue weighted by Gasteiger charge is -2.30. The Morgan fingerprint density at radius 1 is 1.29 bits per heavy atom. The first-order valence-electron chi connectivity index (χ1n) is 7.93. The maximum absolute atomic E-state index is 13.0. The molecule has 0 unspecified atom stereocenters. The summed E-state index contributed by atoms with van der Waals surface area (Å²) in [5, 5.41) is 2.66. The van der Waals surface area contributed by atoms with Gasteiger partial charge >= 0.3 is 12.3 Å². The van der Waals surface area contributed by atoms with Gasteiger partial charge in [-0.05, 0) is 44.4 Å². The highest BCUT2D eigenvalue weighted by molar-refractivity contribution is 5.67. The van der Waals surface area contributed by atoms with Gasteiger partial charge in [-0.15, -0.1) is 0 Å². The van der Waals surface area contributed by atoms with Crippen molar-refractivity contribution in [2.45, 2.75) is 45.5 Å². The third kappa shape index (κ3) is 5.12. The van der Waals surface area contributed by atoms with E-state index >= 15 is 0 Å². The van der Waals surface area contributed by atoms with Crippen LogP contribution in [0.4, 0.5) is 18.0 Å². The fourth-order valence-corrected chi connectivity index (χ4v) is 2.75. The molecular weight excluding hydrogens is 321 g/mol. The van der Waals surface area contributed by atoms with Gasteiger partial charge in [0.1, 0.15) is 5.60 Å². The number of carbonyl (C=O) groups is 1. The van der Waals surface area contributed by atoms with E-state index in [0.29, 0.717) is 43.7 Å². The minimum atomic E-state index is -4.31. The number of hydrogen-bond acceptors (Lipinski definition) is 3. The number of nitrogens with zero attached hydrogens (tertiary/aromatic N) is 1. The Balaban J connectivity index is 1.89. The molecule has 0 aromatic heterocycles. The molecular formula is C17H23F3N2O2. The summed E-state index contributed by atoms with van der Waals surface area (Å²) in [6, 6.07) is 4.32. The zero-order valence-corrected chi connectivity index (χ0v) is 14.2. The number of benzene rings is 1. The van der Waals surface area contributed by atoms with Gasteiger partial charge in [0.05, 0.1) is 5.56 Å². The van der Waals surface area contributed by atoms with Crippen LogP contribution >= 0.6 is 0 Å². The second kappa shape index (κ2) is 7.01. The van der Waals surface area contributed by atoms with Crippen LogP contribution in [0.15, 0.2) is 18.2 Å². The quantitative estimate of drug-likeness (QED) is 0.911. The van der Waals surface area contributed by atoms with Gasteiger partial charge in [-0.2, -0.15) is 13.2 Å². The molecule has 1 aliphatic heterocycles. The van der Waals surface area contributed by atoms with Crippen LogP contribution < -0.4 is 5.32 Å². The molecule has 4 nitrogen and oxygen atoms in total. The maximum Gasteiger partial charge on any atom is 0.416 e. The molecule has 134 valence electrons. The van der Waals surface area contributed by atoms with Crippen LogP contribution in [0.3, 0.4) is 0 Å². The highest BCUT2D eigenvalue weighted by Gasteiger charge is 2.35. The first-order chi connectivity index (χ1) is 11.1. The van der Waals surface area contributed by atoms with E-state index in [2.05, 4.69) is 5.32 Å². The standard InChI is InChI=1S/C17H23F3N2O2/c1-16(2,3)24-15(23)21-8-10-22-9-7-13-12(11-22)5-4-6-14(13)17(18,19)20/h4-6H,7-11H2,1-3H3,(H,21,23). The molecule has 2 rings (SSSR count). The number of carbonyl (C=O) groups excluding carboxylic acids is 1. The zero-order valence-electron chi connectivity index (χ0n) is 14.2. The van der Waals surface area contributed by atoms with E-state index in [9.17, 15) is 18.0 Å². The minimum Gasteiger partial charge on any atom is -0.444 e. The molecule has 0 saturated heterocycles. The fraction of sp³-hybridized carbons (Fsp3) is 0.588. The summed E-state index contributed by atoms with van der Waals surface area (Å²) in [7, 11) is 0. The van der Waals surface area contributed by atoms with Gasteiger partial charge < -0.3 is 10.1 Å². The Labute approximate surface area is 140 Å². The molecule has 0 radical (unpaired) electrons. The number of rotatable bonds is 3. The molecule has 0 bridgehead atoms. The summed E-state index contributed by atoms with van der Waals surface area (Å²) in [5.74, 6) is 0. The Kier molecular flexibility index (Phi) is 5.42. The molecule has 0 spiro atoms. The molecule has 1 aliphatic rings. The van der Waals surface area contributed by atoms with Gasteiger partial charge in [0.15, 0.2) is 0 Å². The van der Waals surface area contributed by atoms with Crippen molar-refractivity contribution in [3.8, 4) is 0 Å². The van der Waals surface area contributed by atoms with Crippen LogP contribution in [0.2, 0.25) is 0 Å². The molecule has 0 saturated carbocycles. The molecule has 0 fully saturated rings. The van der Waals surface area contributed by atoms with Crippen molar-refractivity contribution in [1.29, 1.82) is 0 Å². The van der Waals surface area contributed by atoms with Crippen molar-refractivity contribution >= 4 is 6.09 Å².